The SMILES string of the molecule is N#CCCN(CCC#N)C(=O)CSc1ncnc2ccsc12. The van der Waals surface area contributed by atoms with E-state index in [0.717, 1.165) is 15.2 Å². The number of nitriles is 2. The van der Waals surface area contributed by atoms with Crippen LogP contribution in [0.25, 0.3) is 10.2 Å². The average Bonchev–Trinajstić information content (AvgIpc) is 3.02. The Morgan fingerprint density at radius 2 is 2.00 bits per heavy atom. The highest BCUT2D eigenvalue weighted by Gasteiger charge is 2.15. The average molecular weight is 331 g/mol. The van der Waals surface area contributed by atoms with E-state index in [9.17, 15) is 4.79 Å². The largest absolute Gasteiger partial charge is 0.340 e. The fourth-order valence-electron chi connectivity index (χ4n) is 1.82. The number of rotatable bonds is 7. The molecule has 0 atom stereocenters. The van der Waals surface area contributed by atoms with Crippen LogP contribution in [0.15, 0.2) is 22.8 Å². The molecule has 2 rings (SSSR count). The van der Waals surface area contributed by atoms with E-state index >= 15 is 0 Å². The molecule has 0 N–H and O–H groups in total. The lowest BCUT2D eigenvalue weighted by molar-refractivity contribution is -0.128. The number of thiophene rings is 1. The van der Waals surface area contributed by atoms with Gasteiger partial charge in [0, 0.05) is 13.1 Å². The minimum atomic E-state index is -0.0844. The predicted molar refractivity (Wildman–Crippen MR) is 85.2 cm³/mol. The summed E-state index contributed by atoms with van der Waals surface area (Å²) in [6.45, 7) is 0.714. The number of amides is 1. The van der Waals surface area contributed by atoms with Crippen LogP contribution in [0.2, 0.25) is 0 Å². The fraction of sp³-hybridized carbons (Fsp3) is 0.357. The molecule has 0 unspecified atom stereocenters. The van der Waals surface area contributed by atoms with Crippen molar-refractivity contribution in [2.75, 3.05) is 18.8 Å². The van der Waals surface area contributed by atoms with Crippen molar-refractivity contribution < 1.29 is 4.79 Å². The van der Waals surface area contributed by atoms with Crippen molar-refractivity contribution in [3.63, 3.8) is 0 Å². The molecular weight excluding hydrogens is 318 g/mol. The summed E-state index contributed by atoms with van der Waals surface area (Å²) in [5.41, 5.74) is 0.876. The van der Waals surface area contributed by atoms with Crippen LogP contribution in [0.4, 0.5) is 0 Å². The first-order valence-electron chi connectivity index (χ1n) is 6.59. The van der Waals surface area contributed by atoms with Gasteiger partial charge >= 0.3 is 0 Å². The molecule has 0 aliphatic rings. The summed E-state index contributed by atoms with van der Waals surface area (Å²) in [5, 5.41) is 20.0. The summed E-state index contributed by atoms with van der Waals surface area (Å²) in [6.07, 6.45) is 2.03. The summed E-state index contributed by atoms with van der Waals surface area (Å²) >= 11 is 2.91. The second-order valence-corrected chi connectivity index (χ2v) is 6.18. The van der Waals surface area contributed by atoms with Gasteiger partial charge < -0.3 is 4.90 Å². The molecule has 0 aliphatic heterocycles. The van der Waals surface area contributed by atoms with Gasteiger partial charge in [0.1, 0.15) is 11.4 Å². The number of fused-ring (bicyclic) bond motifs is 1. The van der Waals surface area contributed by atoms with Gasteiger partial charge in [-0.25, -0.2) is 9.97 Å². The van der Waals surface area contributed by atoms with Gasteiger partial charge in [0.05, 0.1) is 40.9 Å². The maximum Gasteiger partial charge on any atom is 0.233 e. The topological polar surface area (TPSA) is 93.7 Å². The molecule has 112 valence electrons. The molecular formula is C14H13N5OS2. The van der Waals surface area contributed by atoms with E-state index in [1.807, 2.05) is 23.6 Å². The molecule has 1 amide bonds. The highest BCUT2D eigenvalue weighted by Crippen LogP contribution is 2.28. The molecule has 0 fully saturated rings. The zero-order chi connectivity index (χ0) is 15.8. The summed E-state index contributed by atoms with van der Waals surface area (Å²) < 4.78 is 0.973. The first-order valence-corrected chi connectivity index (χ1v) is 8.45. The summed E-state index contributed by atoms with van der Waals surface area (Å²) in [4.78, 5) is 22.2. The van der Waals surface area contributed by atoms with E-state index in [4.69, 9.17) is 10.5 Å². The van der Waals surface area contributed by atoms with Gasteiger partial charge in [-0.05, 0) is 11.4 Å². The third-order valence-electron chi connectivity index (χ3n) is 2.88. The summed E-state index contributed by atoms with van der Waals surface area (Å²) in [6, 6.07) is 5.96. The molecule has 6 nitrogen and oxygen atoms in total. The lowest BCUT2D eigenvalue weighted by Gasteiger charge is -2.19. The number of carbonyl (C=O) groups is 1. The van der Waals surface area contributed by atoms with E-state index in [2.05, 4.69) is 9.97 Å². The Morgan fingerprint density at radius 3 is 2.68 bits per heavy atom. The van der Waals surface area contributed by atoms with Crippen LogP contribution in [-0.2, 0) is 4.79 Å². The highest BCUT2D eigenvalue weighted by atomic mass is 32.2. The van der Waals surface area contributed by atoms with Gasteiger partial charge in [-0.1, -0.05) is 11.8 Å². The first-order chi connectivity index (χ1) is 10.8. The zero-order valence-corrected chi connectivity index (χ0v) is 13.4. The minimum absolute atomic E-state index is 0.0844. The third-order valence-corrected chi connectivity index (χ3v) is 4.90. The molecule has 2 aromatic rings. The van der Waals surface area contributed by atoms with Gasteiger partial charge in [0.25, 0.3) is 0 Å². The molecule has 0 aromatic carbocycles. The molecule has 22 heavy (non-hydrogen) atoms. The lowest BCUT2D eigenvalue weighted by Crippen LogP contribution is -2.34. The summed E-state index contributed by atoms with van der Waals surface area (Å²) in [5.74, 6) is 0.153. The number of hydrogen-bond acceptors (Lipinski definition) is 7. The molecule has 8 heteroatoms. The quantitative estimate of drug-likeness (QED) is 0.571. The van der Waals surface area contributed by atoms with Gasteiger partial charge in [-0.2, -0.15) is 10.5 Å². The van der Waals surface area contributed by atoms with Crippen LogP contribution >= 0.6 is 23.1 Å². The zero-order valence-electron chi connectivity index (χ0n) is 11.7. The summed E-state index contributed by atoms with van der Waals surface area (Å²) in [7, 11) is 0. The normalized spacial score (nSPS) is 10.1. The van der Waals surface area contributed by atoms with Crippen molar-refractivity contribution in [3.05, 3.63) is 17.8 Å². The van der Waals surface area contributed by atoms with Crippen LogP contribution < -0.4 is 0 Å². The fourth-order valence-corrected chi connectivity index (χ4v) is 3.67. The number of carbonyl (C=O) groups excluding carboxylic acids is 1. The number of aromatic nitrogens is 2. The van der Waals surface area contributed by atoms with Crippen molar-refractivity contribution in [2.45, 2.75) is 17.9 Å². The molecule has 2 aromatic heterocycles. The van der Waals surface area contributed by atoms with Gasteiger partial charge in [-0.3, -0.25) is 4.79 Å². The molecule has 0 radical (unpaired) electrons. The molecule has 2 heterocycles. The van der Waals surface area contributed by atoms with Crippen LogP contribution in [0.5, 0.6) is 0 Å². The smallest absolute Gasteiger partial charge is 0.233 e. The second-order valence-electron chi connectivity index (χ2n) is 4.30. The van der Waals surface area contributed by atoms with Crippen molar-refractivity contribution >= 4 is 39.2 Å². The third kappa shape index (κ3) is 4.17. The van der Waals surface area contributed by atoms with Gasteiger partial charge in [0.2, 0.25) is 5.91 Å². The number of hydrogen-bond donors (Lipinski definition) is 0. The Balaban J connectivity index is 1.99. The predicted octanol–water partition coefficient (Wildman–Crippen LogP) is 2.44. The van der Waals surface area contributed by atoms with Crippen molar-refractivity contribution in [1.29, 1.82) is 10.5 Å². The Kier molecular flexibility index (Phi) is 6.13. The van der Waals surface area contributed by atoms with E-state index in [0.29, 0.717) is 13.1 Å². The Labute approximate surface area is 136 Å². The van der Waals surface area contributed by atoms with Crippen LogP contribution in [0.3, 0.4) is 0 Å². The van der Waals surface area contributed by atoms with Crippen molar-refractivity contribution in [1.82, 2.24) is 14.9 Å². The first kappa shape index (κ1) is 16.2. The van der Waals surface area contributed by atoms with Crippen molar-refractivity contribution in [2.24, 2.45) is 0 Å². The highest BCUT2D eigenvalue weighted by molar-refractivity contribution is 8.00. The van der Waals surface area contributed by atoms with E-state index < -0.39 is 0 Å². The monoisotopic (exact) mass is 331 g/mol. The molecule has 0 aliphatic carbocycles. The maximum atomic E-state index is 12.2. The molecule has 0 saturated carbocycles. The van der Waals surface area contributed by atoms with Crippen LogP contribution in [0.1, 0.15) is 12.8 Å². The maximum absolute atomic E-state index is 12.2. The van der Waals surface area contributed by atoms with Crippen LogP contribution in [0, 0.1) is 22.7 Å². The van der Waals surface area contributed by atoms with Crippen LogP contribution in [-0.4, -0.2) is 39.6 Å². The molecule has 0 bridgehead atoms. The van der Waals surface area contributed by atoms with E-state index in [1.165, 1.54) is 18.1 Å². The lowest BCUT2D eigenvalue weighted by atomic mass is 10.3. The second kappa shape index (κ2) is 8.32. The number of thioether (sulfide) groups is 1. The standard InChI is InChI=1S/C14H13N5OS2/c15-4-1-6-19(7-2-5-16)12(20)9-22-14-13-11(3-8-21-13)17-10-18-14/h3,8,10H,1-2,6-7,9H2. The Bertz CT molecular complexity index is 713. The minimum Gasteiger partial charge on any atom is -0.340 e. The molecule has 0 spiro atoms. The van der Waals surface area contributed by atoms with Gasteiger partial charge in [0.15, 0.2) is 0 Å². The van der Waals surface area contributed by atoms with E-state index in [1.54, 1.807) is 16.2 Å². The Morgan fingerprint density at radius 1 is 1.27 bits per heavy atom. The van der Waals surface area contributed by atoms with Gasteiger partial charge in [-0.15, -0.1) is 11.3 Å². The number of nitrogens with zero attached hydrogens (tertiary/aromatic N) is 5. The van der Waals surface area contributed by atoms with E-state index in [-0.39, 0.29) is 24.5 Å². The molecule has 0 saturated heterocycles. The Hall–Kier alpha value is -2.16. The van der Waals surface area contributed by atoms with Crippen molar-refractivity contribution in [3.8, 4) is 12.1 Å².